The van der Waals surface area contributed by atoms with Gasteiger partial charge >= 0.3 is 0 Å². The highest BCUT2D eigenvalue weighted by molar-refractivity contribution is 5.97. The van der Waals surface area contributed by atoms with E-state index in [1.54, 1.807) is 24.1 Å². The van der Waals surface area contributed by atoms with E-state index in [0.717, 1.165) is 32.6 Å². The number of aromatic nitrogens is 1. The average Bonchev–Trinajstić information content (AvgIpc) is 2.80. The first-order valence-electron chi connectivity index (χ1n) is 11.8. The Bertz CT molecular complexity index is 859. The number of aliphatic hydroxyl groups is 2. The minimum Gasteiger partial charge on any atom is -0.472 e. The fourth-order valence-electron chi connectivity index (χ4n) is 4.33. The van der Waals surface area contributed by atoms with Crippen molar-refractivity contribution in [2.24, 2.45) is 11.8 Å². The van der Waals surface area contributed by atoms with Crippen LogP contribution in [0.15, 0.2) is 12.3 Å². The van der Waals surface area contributed by atoms with Gasteiger partial charge in [-0.3, -0.25) is 4.79 Å². The van der Waals surface area contributed by atoms with E-state index in [2.05, 4.69) is 35.7 Å². The molecule has 1 aromatic heterocycles. The molecule has 0 unspecified atom stereocenters. The van der Waals surface area contributed by atoms with Crippen LogP contribution in [-0.2, 0) is 4.74 Å². The van der Waals surface area contributed by atoms with Gasteiger partial charge in [-0.25, -0.2) is 4.98 Å². The van der Waals surface area contributed by atoms with Crippen molar-refractivity contribution in [1.29, 1.82) is 0 Å². The molecule has 4 atom stereocenters. The molecule has 33 heavy (non-hydrogen) atoms. The maximum Gasteiger partial charge on any atom is 0.259 e. The summed E-state index contributed by atoms with van der Waals surface area (Å²) in [5.41, 5.74) is 0.863. The van der Waals surface area contributed by atoms with E-state index < -0.39 is 6.10 Å². The van der Waals surface area contributed by atoms with Crippen LogP contribution >= 0.6 is 0 Å². The largest absolute Gasteiger partial charge is 0.472 e. The fourth-order valence-corrected chi connectivity index (χ4v) is 4.33. The molecular formula is C25H37N3O5. The molecule has 0 saturated carbocycles. The predicted molar refractivity (Wildman–Crippen MR) is 125 cm³/mol. The zero-order valence-electron chi connectivity index (χ0n) is 20.2. The second kappa shape index (κ2) is 11.8. The second-order valence-corrected chi connectivity index (χ2v) is 9.42. The lowest BCUT2D eigenvalue weighted by Gasteiger charge is -2.38. The summed E-state index contributed by atoms with van der Waals surface area (Å²) >= 11 is 0. The zero-order chi connectivity index (χ0) is 24.0. The van der Waals surface area contributed by atoms with Gasteiger partial charge in [-0.1, -0.05) is 18.8 Å². The summed E-state index contributed by atoms with van der Waals surface area (Å²) in [6, 6.07) is 1.33. The van der Waals surface area contributed by atoms with E-state index in [9.17, 15) is 15.0 Å². The van der Waals surface area contributed by atoms with Crippen LogP contribution in [0.25, 0.3) is 0 Å². The standard InChI is InChI=1S/C25H37N3O5/c1-17-13-28(18(2)16-29)25(31)22-11-21(6-5-19(3)30)12-26-24(22)33-23(17)15-27(4)14-20-7-9-32-10-8-20/h11-12,17-20,23,29-30H,7-10,13-16H2,1-4H3/t17-,18+,19-,23-/m0/s1. The molecule has 3 heterocycles. The van der Waals surface area contributed by atoms with Crippen molar-refractivity contribution in [1.82, 2.24) is 14.8 Å². The highest BCUT2D eigenvalue weighted by Crippen LogP contribution is 2.27. The molecule has 8 nitrogen and oxygen atoms in total. The summed E-state index contributed by atoms with van der Waals surface area (Å²) < 4.78 is 11.8. The van der Waals surface area contributed by atoms with Crippen LogP contribution in [0.4, 0.5) is 0 Å². The van der Waals surface area contributed by atoms with Gasteiger partial charge in [-0.2, -0.15) is 0 Å². The van der Waals surface area contributed by atoms with Crippen molar-refractivity contribution in [3.63, 3.8) is 0 Å². The van der Waals surface area contributed by atoms with Gasteiger partial charge in [0.15, 0.2) is 0 Å². The lowest BCUT2D eigenvalue weighted by molar-refractivity contribution is 0.0254. The second-order valence-electron chi connectivity index (χ2n) is 9.42. The molecule has 8 heteroatoms. The van der Waals surface area contributed by atoms with Crippen molar-refractivity contribution in [3.8, 4) is 17.7 Å². The van der Waals surface area contributed by atoms with Gasteiger partial charge in [0, 0.05) is 50.5 Å². The Kier molecular flexibility index (Phi) is 9.10. The van der Waals surface area contributed by atoms with Gasteiger partial charge in [0.2, 0.25) is 5.88 Å². The third-order valence-electron chi connectivity index (χ3n) is 6.35. The van der Waals surface area contributed by atoms with Crippen molar-refractivity contribution < 1.29 is 24.5 Å². The molecule has 182 valence electrons. The summed E-state index contributed by atoms with van der Waals surface area (Å²) in [5.74, 6) is 6.24. The number of fused-ring (bicyclic) bond motifs is 1. The Morgan fingerprint density at radius 1 is 1.30 bits per heavy atom. The first-order chi connectivity index (χ1) is 15.8. The summed E-state index contributed by atoms with van der Waals surface area (Å²) in [4.78, 5) is 21.8. The van der Waals surface area contributed by atoms with Crippen LogP contribution in [-0.4, -0.2) is 95.7 Å². The topological polar surface area (TPSA) is 95.4 Å². The molecule has 1 aromatic rings. The van der Waals surface area contributed by atoms with Gasteiger partial charge in [0.05, 0.1) is 12.6 Å². The van der Waals surface area contributed by atoms with Crippen LogP contribution in [0, 0.1) is 23.7 Å². The lowest BCUT2D eigenvalue weighted by atomic mass is 9.97. The molecule has 0 spiro atoms. The number of rotatable bonds is 6. The Morgan fingerprint density at radius 3 is 2.70 bits per heavy atom. The quantitative estimate of drug-likeness (QED) is 0.621. The summed E-state index contributed by atoms with van der Waals surface area (Å²) in [6.07, 6.45) is 2.76. The first kappa shape index (κ1) is 25.4. The molecule has 3 rings (SSSR count). The number of ether oxygens (including phenoxy) is 2. The van der Waals surface area contributed by atoms with E-state index in [4.69, 9.17) is 9.47 Å². The SMILES string of the molecule is C[C@H](O)C#Cc1cnc2c(c1)C(=O)N([C@H](C)CO)C[C@H](C)[C@H](CN(C)CC1CCOCC1)O2. The van der Waals surface area contributed by atoms with Gasteiger partial charge in [0.1, 0.15) is 17.8 Å². The Balaban J connectivity index is 1.86. The fraction of sp³-hybridized carbons (Fsp3) is 0.680. The molecule has 0 bridgehead atoms. The number of aliphatic hydroxyl groups excluding tert-OH is 2. The zero-order valence-corrected chi connectivity index (χ0v) is 20.2. The molecule has 1 amide bonds. The molecule has 2 aliphatic heterocycles. The Morgan fingerprint density at radius 2 is 2.03 bits per heavy atom. The van der Waals surface area contributed by atoms with E-state index in [0.29, 0.717) is 30.1 Å². The number of nitrogens with zero attached hydrogens (tertiary/aromatic N) is 3. The number of carbonyl (C=O) groups is 1. The summed E-state index contributed by atoms with van der Waals surface area (Å²) in [7, 11) is 2.10. The van der Waals surface area contributed by atoms with Crippen molar-refractivity contribution in [2.45, 2.75) is 51.9 Å². The highest BCUT2D eigenvalue weighted by atomic mass is 16.5. The molecule has 0 aromatic carbocycles. The average molecular weight is 460 g/mol. The molecule has 2 aliphatic rings. The smallest absolute Gasteiger partial charge is 0.259 e. The van der Waals surface area contributed by atoms with E-state index in [-0.39, 0.29) is 36.5 Å². The third-order valence-corrected chi connectivity index (χ3v) is 6.35. The lowest BCUT2D eigenvalue weighted by Crippen LogP contribution is -2.50. The minimum atomic E-state index is -0.777. The normalized spacial score (nSPS) is 23.6. The van der Waals surface area contributed by atoms with Crippen LogP contribution < -0.4 is 4.74 Å². The van der Waals surface area contributed by atoms with Crippen LogP contribution in [0.2, 0.25) is 0 Å². The Labute approximate surface area is 196 Å². The maximum absolute atomic E-state index is 13.4. The monoisotopic (exact) mass is 459 g/mol. The molecular weight excluding hydrogens is 422 g/mol. The number of hydrogen-bond acceptors (Lipinski definition) is 7. The summed E-state index contributed by atoms with van der Waals surface area (Å²) in [5, 5.41) is 19.3. The molecule has 0 radical (unpaired) electrons. The van der Waals surface area contributed by atoms with E-state index in [1.165, 1.54) is 0 Å². The van der Waals surface area contributed by atoms with Gasteiger partial charge in [-0.05, 0) is 45.7 Å². The van der Waals surface area contributed by atoms with E-state index >= 15 is 0 Å². The third kappa shape index (κ3) is 6.90. The number of likely N-dealkylation sites (N-methyl/N-ethyl adjacent to an activating group) is 1. The molecule has 1 saturated heterocycles. The molecule has 0 aliphatic carbocycles. The van der Waals surface area contributed by atoms with Crippen molar-refractivity contribution >= 4 is 5.91 Å². The highest BCUT2D eigenvalue weighted by Gasteiger charge is 2.34. The summed E-state index contributed by atoms with van der Waals surface area (Å²) in [6.45, 7) is 9.16. The minimum absolute atomic E-state index is 0.0461. The number of amides is 1. The van der Waals surface area contributed by atoms with Gasteiger partial charge < -0.3 is 29.5 Å². The Hall–Kier alpha value is -2.18. The van der Waals surface area contributed by atoms with Crippen LogP contribution in [0.1, 0.15) is 49.5 Å². The predicted octanol–water partition coefficient (Wildman–Crippen LogP) is 1.39. The van der Waals surface area contributed by atoms with E-state index in [1.807, 2.05) is 6.92 Å². The maximum atomic E-state index is 13.4. The molecule has 1 fully saturated rings. The number of pyridine rings is 1. The van der Waals surface area contributed by atoms with Gasteiger partial charge in [0.25, 0.3) is 5.91 Å². The number of carbonyl (C=O) groups excluding carboxylic acids is 1. The van der Waals surface area contributed by atoms with Crippen LogP contribution in [0.3, 0.4) is 0 Å². The van der Waals surface area contributed by atoms with Crippen molar-refractivity contribution in [3.05, 3.63) is 23.4 Å². The molecule has 2 N–H and O–H groups in total. The van der Waals surface area contributed by atoms with Crippen LogP contribution in [0.5, 0.6) is 5.88 Å². The van der Waals surface area contributed by atoms with Crippen molar-refractivity contribution in [2.75, 3.05) is 46.5 Å². The number of hydrogen-bond donors (Lipinski definition) is 2. The first-order valence-corrected chi connectivity index (χ1v) is 11.8. The van der Waals surface area contributed by atoms with Gasteiger partial charge in [-0.15, -0.1) is 0 Å².